The summed E-state index contributed by atoms with van der Waals surface area (Å²) >= 11 is 0. The average molecular weight is 466 g/mol. The van der Waals surface area contributed by atoms with E-state index in [-0.39, 0.29) is 17.4 Å². The Labute approximate surface area is 199 Å². The molecule has 4 rings (SSSR count). The lowest BCUT2D eigenvalue weighted by Gasteiger charge is -2.25. The minimum absolute atomic E-state index is 0.0598. The molecule has 1 fully saturated rings. The zero-order valence-corrected chi connectivity index (χ0v) is 19.9. The molecule has 2 unspecified atom stereocenters. The van der Waals surface area contributed by atoms with Gasteiger partial charge < -0.3 is 24.2 Å². The number of aliphatic hydroxyl groups is 1. The number of hydrogen-bond acceptors (Lipinski definition) is 6. The number of benzene rings is 2. The Bertz CT molecular complexity index is 1110. The van der Waals surface area contributed by atoms with E-state index in [1.807, 2.05) is 44.2 Å². The smallest absolute Gasteiger partial charge is 0.295 e. The van der Waals surface area contributed by atoms with Crippen LogP contribution in [0.4, 0.5) is 0 Å². The lowest BCUT2D eigenvalue weighted by atomic mass is 9.94. The second-order valence-electron chi connectivity index (χ2n) is 8.71. The van der Waals surface area contributed by atoms with Crippen LogP contribution in [0.5, 0.6) is 11.5 Å². The number of amides is 1. The number of hydrogen-bond donors (Lipinski definition) is 1. The van der Waals surface area contributed by atoms with Crippen LogP contribution >= 0.6 is 0 Å². The van der Waals surface area contributed by atoms with Crippen molar-refractivity contribution in [3.8, 4) is 11.5 Å². The van der Waals surface area contributed by atoms with Crippen molar-refractivity contribution in [1.82, 2.24) is 4.90 Å². The third-order valence-corrected chi connectivity index (χ3v) is 6.10. The molecule has 2 aliphatic heterocycles. The summed E-state index contributed by atoms with van der Waals surface area (Å²) in [5.41, 5.74) is 2.26. The van der Waals surface area contributed by atoms with Crippen LogP contribution < -0.4 is 9.47 Å². The normalized spacial score (nSPS) is 21.0. The van der Waals surface area contributed by atoms with Crippen LogP contribution in [0.25, 0.3) is 5.76 Å². The van der Waals surface area contributed by atoms with Crippen molar-refractivity contribution in [3.63, 3.8) is 0 Å². The van der Waals surface area contributed by atoms with Crippen LogP contribution in [0.1, 0.15) is 49.4 Å². The molecule has 0 saturated carbocycles. The summed E-state index contributed by atoms with van der Waals surface area (Å²) in [5, 5.41) is 11.3. The second-order valence-corrected chi connectivity index (χ2v) is 8.71. The number of methoxy groups -OCH3 is 1. The van der Waals surface area contributed by atoms with E-state index < -0.39 is 17.7 Å². The maximum absolute atomic E-state index is 13.2. The number of Topliss-reactive ketones (excluding diaryl/α,β-unsaturated/α-hetero) is 1. The molecule has 0 spiro atoms. The maximum Gasteiger partial charge on any atom is 0.295 e. The molecular formula is C27H31NO6. The molecule has 1 saturated heterocycles. The third kappa shape index (κ3) is 4.66. The average Bonchev–Trinajstić information content (AvgIpc) is 3.33. The van der Waals surface area contributed by atoms with Gasteiger partial charge in [-0.1, -0.05) is 19.1 Å². The summed E-state index contributed by atoms with van der Waals surface area (Å²) in [6.45, 7) is 5.36. The number of nitrogens with zero attached hydrogens (tertiary/aromatic N) is 1. The first-order valence-electron chi connectivity index (χ1n) is 11.7. The quantitative estimate of drug-likeness (QED) is 0.258. The molecule has 2 aliphatic rings. The third-order valence-electron chi connectivity index (χ3n) is 6.10. The van der Waals surface area contributed by atoms with E-state index in [1.165, 1.54) is 4.90 Å². The van der Waals surface area contributed by atoms with Crippen LogP contribution in [0.2, 0.25) is 0 Å². The first-order chi connectivity index (χ1) is 16.4. The van der Waals surface area contributed by atoms with Gasteiger partial charge in [0.25, 0.3) is 11.7 Å². The number of fused-ring (bicyclic) bond motifs is 1. The van der Waals surface area contributed by atoms with Crippen molar-refractivity contribution in [2.45, 2.75) is 45.3 Å². The highest BCUT2D eigenvalue weighted by Gasteiger charge is 2.46. The van der Waals surface area contributed by atoms with Crippen molar-refractivity contribution in [2.75, 3.05) is 26.9 Å². The van der Waals surface area contributed by atoms with Crippen molar-refractivity contribution in [2.24, 2.45) is 0 Å². The standard InChI is InChI=1S/C27H31NO6/c1-4-12-33-21-8-5-7-18(16-21)24-23(26(30)27(31)28(24)11-6-13-32-3)25(29)19-9-10-22-20(15-19)14-17(2)34-22/h5,7-10,15-17,24,29H,4,6,11-14H2,1-3H3/b25-23-. The zero-order valence-electron chi connectivity index (χ0n) is 19.9. The van der Waals surface area contributed by atoms with Gasteiger partial charge in [-0.15, -0.1) is 0 Å². The fourth-order valence-corrected chi connectivity index (χ4v) is 4.56. The monoisotopic (exact) mass is 465 g/mol. The molecule has 2 heterocycles. The van der Waals surface area contributed by atoms with Gasteiger partial charge >= 0.3 is 0 Å². The molecule has 1 N–H and O–H groups in total. The minimum Gasteiger partial charge on any atom is -0.507 e. The predicted octanol–water partition coefficient (Wildman–Crippen LogP) is 4.26. The molecule has 34 heavy (non-hydrogen) atoms. The summed E-state index contributed by atoms with van der Waals surface area (Å²) in [6, 6.07) is 12.0. The van der Waals surface area contributed by atoms with E-state index in [0.717, 1.165) is 24.2 Å². The van der Waals surface area contributed by atoms with E-state index in [4.69, 9.17) is 14.2 Å². The molecule has 1 amide bonds. The molecule has 2 atom stereocenters. The summed E-state index contributed by atoms with van der Waals surface area (Å²) in [4.78, 5) is 27.8. The van der Waals surface area contributed by atoms with Crippen LogP contribution in [0.15, 0.2) is 48.0 Å². The molecule has 0 bridgehead atoms. The van der Waals surface area contributed by atoms with Gasteiger partial charge in [0.05, 0.1) is 18.2 Å². The van der Waals surface area contributed by atoms with Gasteiger partial charge in [-0.3, -0.25) is 9.59 Å². The van der Waals surface area contributed by atoms with E-state index in [1.54, 1.807) is 19.2 Å². The summed E-state index contributed by atoms with van der Waals surface area (Å²) < 4.78 is 16.7. The molecule has 0 aromatic heterocycles. The van der Waals surface area contributed by atoms with Gasteiger partial charge in [0.1, 0.15) is 23.4 Å². The first kappa shape index (κ1) is 23.8. The van der Waals surface area contributed by atoms with Crippen molar-refractivity contribution < 1.29 is 28.9 Å². The van der Waals surface area contributed by atoms with Gasteiger partial charge in [-0.2, -0.15) is 0 Å². The number of rotatable bonds is 9. The predicted molar refractivity (Wildman–Crippen MR) is 128 cm³/mol. The van der Waals surface area contributed by atoms with E-state index in [0.29, 0.717) is 43.1 Å². The van der Waals surface area contributed by atoms with E-state index >= 15 is 0 Å². The number of carbonyl (C=O) groups excluding carboxylic acids is 2. The summed E-state index contributed by atoms with van der Waals surface area (Å²) in [5.74, 6) is -0.0581. The Morgan fingerprint density at radius 1 is 1.18 bits per heavy atom. The van der Waals surface area contributed by atoms with Gasteiger partial charge in [0, 0.05) is 32.2 Å². The molecule has 2 aromatic rings. The lowest BCUT2D eigenvalue weighted by Crippen LogP contribution is -2.31. The fourth-order valence-electron chi connectivity index (χ4n) is 4.56. The van der Waals surface area contributed by atoms with E-state index in [2.05, 4.69) is 0 Å². The highest BCUT2D eigenvalue weighted by Crippen LogP contribution is 2.41. The molecule has 7 nitrogen and oxygen atoms in total. The second kappa shape index (κ2) is 10.3. The summed E-state index contributed by atoms with van der Waals surface area (Å²) in [7, 11) is 1.60. The lowest BCUT2D eigenvalue weighted by molar-refractivity contribution is -0.140. The van der Waals surface area contributed by atoms with Crippen molar-refractivity contribution >= 4 is 17.4 Å². The maximum atomic E-state index is 13.2. The SMILES string of the molecule is CCCOc1cccc(C2/C(=C(/O)c3ccc4c(c3)CC(C)O4)C(=O)C(=O)N2CCCOC)c1. The Kier molecular flexibility index (Phi) is 7.22. The minimum atomic E-state index is -0.717. The number of carbonyl (C=O) groups is 2. The van der Waals surface area contributed by atoms with Gasteiger partial charge in [0.2, 0.25) is 0 Å². The Morgan fingerprint density at radius 3 is 2.76 bits per heavy atom. The highest BCUT2D eigenvalue weighted by atomic mass is 16.5. The van der Waals surface area contributed by atoms with Crippen LogP contribution in [-0.4, -0.2) is 54.7 Å². The number of ether oxygens (including phenoxy) is 3. The molecule has 0 aliphatic carbocycles. The van der Waals surface area contributed by atoms with Crippen molar-refractivity contribution in [3.05, 3.63) is 64.7 Å². The van der Waals surface area contributed by atoms with Gasteiger partial charge in [-0.25, -0.2) is 0 Å². The van der Waals surface area contributed by atoms with Crippen molar-refractivity contribution in [1.29, 1.82) is 0 Å². The van der Waals surface area contributed by atoms with Gasteiger partial charge in [-0.05, 0) is 61.2 Å². The fraction of sp³-hybridized carbons (Fsp3) is 0.407. The largest absolute Gasteiger partial charge is 0.507 e. The number of aliphatic hydroxyl groups excluding tert-OH is 1. The number of likely N-dealkylation sites (tertiary alicyclic amines) is 1. The Morgan fingerprint density at radius 2 is 2.00 bits per heavy atom. The highest BCUT2D eigenvalue weighted by molar-refractivity contribution is 6.46. The van der Waals surface area contributed by atoms with Crippen LogP contribution in [0.3, 0.4) is 0 Å². The topological polar surface area (TPSA) is 85.3 Å². The molecule has 180 valence electrons. The summed E-state index contributed by atoms with van der Waals surface area (Å²) in [6.07, 6.45) is 2.22. The molecule has 2 aromatic carbocycles. The number of ketones is 1. The molecular weight excluding hydrogens is 434 g/mol. The van der Waals surface area contributed by atoms with Crippen LogP contribution in [-0.2, 0) is 20.7 Å². The molecule has 7 heteroatoms. The van der Waals surface area contributed by atoms with Gasteiger partial charge in [0.15, 0.2) is 0 Å². The van der Waals surface area contributed by atoms with Crippen LogP contribution in [0, 0.1) is 0 Å². The Balaban J connectivity index is 1.78. The van der Waals surface area contributed by atoms with E-state index in [9.17, 15) is 14.7 Å². The first-order valence-corrected chi connectivity index (χ1v) is 11.7. The zero-order chi connectivity index (χ0) is 24.2. The Hall–Kier alpha value is -3.32. The molecule has 0 radical (unpaired) electrons.